The number of hydrogen-bond donors (Lipinski definition) is 1. The maximum Gasteiger partial charge on any atom is 0.286 e. The summed E-state index contributed by atoms with van der Waals surface area (Å²) in [7, 11) is 0. The molecule has 2 heterocycles. The minimum Gasteiger partial charge on any atom is -0.486 e. The van der Waals surface area contributed by atoms with Crippen molar-refractivity contribution in [3.8, 4) is 5.75 Å². The summed E-state index contributed by atoms with van der Waals surface area (Å²) >= 11 is 1.02. The zero-order valence-corrected chi connectivity index (χ0v) is 16.6. The second kappa shape index (κ2) is 8.08. The third-order valence-corrected chi connectivity index (χ3v) is 5.72. The van der Waals surface area contributed by atoms with Crippen molar-refractivity contribution in [1.29, 1.82) is 0 Å². The number of carbonyl (C=O) groups is 2. The summed E-state index contributed by atoms with van der Waals surface area (Å²) in [5.74, 6) is 0.955. The molecule has 0 aliphatic carbocycles. The van der Waals surface area contributed by atoms with Crippen LogP contribution in [-0.2, 0) is 24.4 Å². The fourth-order valence-corrected chi connectivity index (χ4v) is 4.12. The van der Waals surface area contributed by atoms with Crippen LogP contribution in [0.1, 0.15) is 18.3 Å². The molecule has 1 unspecified atom stereocenters. The lowest BCUT2D eigenvalue weighted by Gasteiger charge is -2.13. The van der Waals surface area contributed by atoms with Gasteiger partial charge < -0.3 is 4.74 Å². The number of rotatable bonds is 6. The van der Waals surface area contributed by atoms with Crippen LogP contribution in [0, 0.1) is 0 Å². The summed E-state index contributed by atoms with van der Waals surface area (Å²) in [5.41, 5.74) is 1.51. The van der Waals surface area contributed by atoms with Crippen LogP contribution in [0.3, 0.4) is 0 Å². The van der Waals surface area contributed by atoms with Gasteiger partial charge in [0.25, 0.3) is 10.8 Å². The van der Waals surface area contributed by atoms with E-state index in [0.717, 1.165) is 17.3 Å². The van der Waals surface area contributed by atoms with E-state index in [1.54, 1.807) is 10.6 Å². The predicted octanol–water partition coefficient (Wildman–Crippen LogP) is 2.89. The number of hydrogen-bond acceptors (Lipinski definition) is 6. The fraction of sp³-hybridized carbons (Fsp3) is 0.238. The van der Waals surface area contributed by atoms with Crippen LogP contribution in [0.2, 0.25) is 0 Å². The molecule has 1 aliphatic heterocycles. The quantitative estimate of drug-likeness (QED) is 0.673. The van der Waals surface area contributed by atoms with Crippen LogP contribution >= 0.6 is 11.8 Å². The number of imide groups is 1. The number of nitrogens with zero attached hydrogens (tertiary/aromatic N) is 2. The largest absolute Gasteiger partial charge is 0.486 e. The highest BCUT2D eigenvalue weighted by molar-refractivity contribution is 8.15. The molecule has 2 amide bonds. The molecule has 0 bridgehead atoms. The molecule has 2 aromatic carbocycles. The van der Waals surface area contributed by atoms with E-state index in [1.165, 1.54) is 0 Å². The van der Waals surface area contributed by atoms with Gasteiger partial charge in [0, 0.05) is 6.54 Å². The highest BCUT2D eigenvalue weighted by Gasteiger charge is 2.31. The fourth-order valence-electron chi connectivity index (χ4n) is 3.26. The number of para-hydroxylation sites is 1. The molecule has 0 saturated carbocycles. The summed E-state index contributed by atoms with van der Waals surface area (Å²) in [5, 5.41) is 2.19. The van der Waals surface area contributed by atoms with Gasteiger partial charge in [-0.15, -0.1) is 0 Å². The normalized spacial score (nSPS) is 16.2. The van der Waals surface area contributed by atoms with Crippen molar-refractivity contribution < 1.29 is 14.3 Å². The first-order valence-corrected chi connectivity index (χ1v) is 10.1. The number of ether oxygens (including phenoxy) is 1. The van der Waals surface area contributed by atoms with Gasteiger partial charge in [-0.25, -0.2) is 4.98 Å². The van der Waals surface area contributed by atoms with Gasteiger partial charge in [0.05, 0.1) is 16.2 Å². The number of benzene rings is 2. The molecular formula is C21H19N3O4S. The molecule has 1 N–H and O–H groups in total. The maximum atomic E-state index is 12.7. The number of thioether (sulfide) groups is 1. The molecule has 4 rings (SSSR count). The van der Waals surface area contributed by atoms with Gasteiger partial charge in [0.1, 0.15) is 18.2 Å². The standard InChI is InChI=1S/C21H19N3O4S/c1-2-24-18(22-16-6-4-3-5-15(16)20(24)26)12-28-14-9-7-13(8-10-14)11-17-19(25)23-21(27)29-17/h3-10,17H,2,11-12H2,1H3,(H,23,25,27). The Morgan fingerprint density at radius 2 is 1.86 bits per heavy atom. The Labute approximate surface area is 171 Å². The Morgan fingerprint density at radius 3 is 2.55 bits per heavy atom. The molecule has 148 valence electrons. The highest BCUT2D eigenvalue weighted by atomic mass is 32.2. The summed E-state index contributed by atoms with van der Waals surface area (Å²) in [6.07, 6.45) is 0.476. The van der Waals surface area contributed by atoms with E-state index < -0.39 is 5.25 Å². The number of amides is 2. The summed E-state index contributed by atoms with van der Waals surface area (Å²) in [4.78, 5) is 40.2. The molecule has 1 aliphatic rings. The van der Waals surface area contributed by atoms with Gasteiger partial charge in [-0.1, -0.05) is 36.0 Å². The zero-order valence-electron chi connectivity index (χ0n) is 15.8. The first kappa shape index (κ1) is 19.2. The molecular weight excluding hydrogens is 390 g/mol. The third-order valence-electron chi connectivity index (χ3n) is 4.74. The van der Waals surface area contributed by atoms with Crippen LogP contribution in [0.15, 0.2) is 53.3 Å². The molecule has 1 fully saturated rings. The molecule has 7 nitrogen and oxygen atoms in total. The van der Waals surface area contributed by atoms with Gasteiger partial charge in [0.2, 0.25) is 5.91 Å². The van der Waals surface area contributed by atoms with Crippen molar-refractivity contribution in [3.63, 3.8) is 0 Å². The minimum absolute atomic E-state index is 0.0751. The van der Waals surface area contributed by atoms with Crippen molar-refractivity contribution in [1.82, 2.24) is 14.9 Å². The lowest BCUT2D eigenvalue weighted by Crippen LogP contribution is -2.25. The molecule has 0 spiro atoms. The predicted molar refractivity (Wildman–Crippen MR) is 111 cm³/mol. The molecule has 29 heavy (non-hydrogen) atoms. The van der Waals surface area contributed by atoms with E-state index in [4.69, 9.17) is 4.74 Å². The highest BCUT2D eigenvalue weighted by Crippen LogP contribution is 2.24. The van der Waals surface area contributed by atoms with Gasteiger partial charge in [-0.3, -0.25) is 24.3 Å². The summed E-state index contributed by atoms with van der Waals surface area (Å²) < 4.78 is 7.46. The van der Waals surface area contributed by atoms with Crippen LogP contribution in [-0.4, -0.2) is 25.9 Å². The van der Waals surface area contributed by atoms with E-state index in [9.17, 15) is 14.4 Å². The number of aromatic nitrogens is 2. The molecule has 8 heteroatoms. The maximum absolute atomic E-state index is 12.7. The lowest BCUT2D eigenvalue weighted by molar-refractivity contribution is -0.118. The van der Waals surface area contributed by atoms with Gasteiger partial charge in [0.15, 0.2) is 0 Å². The molecule has 0 radical (unpaired) electrons. The average molecular weight is 409 g/mol. The van der Waals surface area contributed by atoms with E-state index in [1.807, 2.05) is 49.4 Å². The molecule has 1 saturated heterocycles. The second-order valence-electron chi connectivity index (χ2n) is 6.61. The Hall–Kier alpha value is -3.13. The van der Waals surface area contributed by atoms with E-state index >= 15 is 0 Å². The van der Waals surface area contributed by atoms with Crippen LogP contribution in [0.5, 0.6) is 5.75 Å². The second-order valence-corrected chi connectivity index (χ2v) is 7.79. The minimum atomic E-state index is -0.393. The Morgan fingerprint density at radius 1 is 1.10 bits per heavy atom. The van der Waals surface area contributed by atoms with Crippen LogP contribution in [0.25, 0.3) is 10.9 Å². The molecule has 3 aromatic rings. The number of carbonyl (C=O) groups excluding carboxylic acids is 2. The van der Waals surface area contributed by atoms with Crippen molar-refractivity contribution in [2.75, 3.05) is 0 Å². The SMILES string of the molecule is CCn1c(COc2ccc(CC3SC(=O)NC3=O)cc2)nc2ccccc2c1=O. The molecule has 1 aromatic heterocycles. The lowest BCUT2D eigenvalue weighted by atomic mass is 10.1. The van der Waals surface area contributed by atoms with E-state index in [-0.39, 0.29) is 23.3 Å². The summed E-state index contributed by atoms with van der Waals surface area (Å²) in [6, 6.07) is 14.6. The first-order valence-electron chi connectivity index (χ1n) is 9.27. The smallest absolute Gasteiger partial charge is 0.286 e. The Kier molecular flexibility index (Phi) is 5.35. The van der Waals surface area contributed by atoms with E-state index in [0.29, 0.717) is 35.4 Å². The van der Waals surface area contributed by atoms with Crippen molar-refractivity contribution in [2.45, 2.75) is 31.7 Å². The monoisotopic (exact) mass is 409 g/mol. The Bertz CT molecular complexity index is 1140. The van der Waals surface area contributed by atoms with Crippen LogP contribution < -0.4 is 15.6 Å². The summed E-state index contributed by atoms with van der Waals surface area (Å²) in [6.45, 7) is 2.58. The zero-order chi connectivity index (χ0) is 20.4. The van der Waals surface area contributed by atoms with Crippen LogP contribution in [0.4, 0.5) is 4.79 Å². The van der Waals surface area contributed by atoms with Crippen molar-refractivity contribution >= 4 is 33.8 Å². The first-order chi connectivity index (χ1) is 14.0. The average Bonchev–Trinajstić information content (AvgIpc) is 3.04. The number of fused-ring (bicyclic) bond motifs is 1. The van der Waals surface area contributed by atoms with Gasteiger partial charge >= 0.3 is 0 Å². The topological polar surface area (TPSA) is 90.3 Å². The number of nitrogens with one attached hydrogen (secondary N) is 1. The van der Waals surface area contributed by atoms with Gasteiger partial charge in [-0.05, 0) is 43.2 Å². The third kappa shape index (κ3) is 4.02. The van der Waals surface area contributed by atoms with E-state index in [2.05, 4.69) is 10.3 Å². The molecule has 1 atom stereocenters. The van der Waals surface area contributed by atoms with Gasteiger partial charge in [-0.2, -0.15) is 0 Å². The van der Waals surface area contributed by atoms with Crippen molar-refractivity contribution in [3.05, 3.63) is 70.3 Å². The van der Waals surface area contributed by atoms with Crippen molar-refractivity contribution in [2.24, 2.45) is 0 Å². The Balaban J connectivity index is 1.47.